The van der Waals surface area contributed by atoms with Crippen molar-refractivity contribution in [3.05, 3.63) is 0 Å². The van der Waals surface area contributed by atoms with Crippen LogP contribution in [0.4, 0.5) is 0 Å². The summed E-state index contributed by atoms with van der Waals surface area (Å²) in [6, 6.07) is -0.374. The average molecular weight is 312 g/mol. The monoisotopic (exact) mass is 312 g/mol. The second-order valence-corrected chi connectivity index (χ2v) is 6.00. The predicted molar refractivity (Wildman–Crippen MR) is 80.4 cm³/mol. The third kappa shape index (κ3) is 3.49. The van der Waals surface area contributed by atoms with Crippen LogP contribution in [0.3, 0.4) is 0 Å². The lowest BCUT2D eigenvalue weighted by atomic mass is 10.1. The first kappa shape index (κ1) is 15.7. The van der Waals surface area contributed by atoms with Gasteiger partial charge in [0.15, 0.2) is 0 Å². The number of amides is 3. The molecule has 3 amide bonds. The molecular formula is C13H20N4O3S. The summed E-state index contributed by atoms with van der Waals surface area (Å²) in [6.45, 7) is 0.984. The fourth-order valence-electron chi connectivity index (χ4n) is 2.69. The Kier molecular flexibility index (Phi) is 4.76. The molecule has 8 heteroatoms. The first-order valence-corrected chi connectivity index (χ1v) is 7.41. The molecular weight excluding hydrogens is 292 g/mol. The van der Waals surface area contributed by atoms with Crippen LogP contribution in [0.2, 0.25) is 0 Å². The van der Waals surface area contributed by atoms with Crippen LogP contribution >= 0.6 is 12.2 Å². The van der Waals surface area contributed by atoms with Gasteiger partial charge >= 0.3 is 0 Å². The number of carbonyl (C=O) groups excluding carboxylic acids is 3. The minimum absolute atomic E-state index is 0.00971. The van der Waals surface area contributed by atoms with Crippen LogP contribution in [0.25, 0.3) is 0 Å². The molecule has 0 spiro atoms. The Hall–Kier alpha value is -1.70. The minimum atomic E-state index is -0.374. The zero-order chi connectivity index (χ0) is 15.6. The molecule has 2 rings (SSSR count). The lowest BCUT2D eigenvalue weighted by molar-refractivity contribution is -0.155. The van der Waals surface area contributed by atoms with Crippen molar-refractivity contribution in [2.75, 3.05) is 33.2 Å². The average Bonchev–Trinajstić information content (AvgIpc) is 2.91. The van der Waals surface area contributed by atoms with Crippen molar-refractivity contribution in [1.82, 2.24) is 14.7 Å². The quantitative estimate of drug-likeness (QED) is 0.655. The number of fused-ring (bicyclic) bond motifs is 1. The highest BCUT2D eigenvalue weighted by molar-refractivity contribution is 7.80. The van der Waals surface area contributed by atoms with E-state index in [4.69, 9.17) is 18.0 Å². The molecule has 2 aliphatic heterocycles. The van der Waals surface area contributed by atoms with Gasteiger partial charge in [-0.05, 0) is 12.8 Å². The summed E-state index contributed by atoms with van der Waals surface area (Å²) in [5, 5.41) is 0. The SMILES string of the molecule is CN(CCC(N)=S)C(=O)CN1CC(=O)N2CCCC2C1=O. The summed E-state index contributed by atoms with van der Waals surface area (Å²) in [6.07, 6.45) is 1.98. The molecule has 0 saturated carbocycles. The first-order chi connectivity index (χ1) is 9.90. The molecule has 116 valence electrons. The highest BCUT2D eigenvalue weighted by atomic mass is 32.1. The molecule has 0 aromatic heterocycles. The number of carbonyl (C=O) groups is 3. The predicted octanol–water partition coefficient (Wildman–Crippen LogP) is -1.05. The summed E-state index contributed by atoms with van der Waals surface area (Å²) >= 11 is 4.77. The summed E-state index contributed by atoms with van der Waals surface area (Å²) in [4.78, 5) is 41.2. The maximum atomic E-state index is 12.3. The van der Waals surface area contributed by atoms with Crippen LogP contribution in [0.1, 0.15) is 19.3 Å². The number of likely N-dealkylation sites (N-methyl/N-ethyl adjacent to an activating group) is 1. The molecule has 0 aromatic carbocycles. The van der Waals surface area contributed by atoms with Gasteiger partial charge in [-0.2, -0.15) is 0 Å². The molecule has 2 heterocycles. The molecule has 2 saturated heterocycles. The van der Waals surface area contributed by atoms with Gasteiger partial charge in [-0.1, -0.05) is 12.2 Å². The Labute approximate surface area is 129 Å². The molecule has 2 aliphatic rings. The molecule has 7 nitrogen and oxygen atoms in total. The normalized spacial score (nSPS) is 21.5. The number of hydrogen-bond acceptors (Lipinski definition) is 4. The van der Waals surface area contributed by atoms with Gasteiger partial charge in [0.2, 0.25) is 17.7 Å². The third-order valence-electron chi connectivity index (χ3n) is 3.94. The van der Waals surface area contributed by atoms with Gasteiger partial charge in [0.05, 0.1) is 4.99 Å². The molecule has 1 atom stereocenters. The highest BCUT2D eigenvalue weighted by Crippen LogP contribution is 2.23. The van der Waals surface area contributed by atoms with E-state index in [1.807, 2.05) is 0 Å². The smallest absolute Gasteiger partial charge is 0.246 e. The fraction of sp³-hybridized carbons (Fsp3) is 0.692. The number of rotatable bonds is 5. The Morgan fingerprint density at radius 1 is 1.48 bits per heavy atom. The molecule has 0 aromatic rings. The number of nitrogens with two attached hydrogens (primary N) is 1. The zero-order valence-corrected chi connectivity index (χ0v) is 12.9. The van der Waals surface area contributed by atoms with Crippen LogP contribution in [0.15, 0.2) is 0 Å². The number of hydrogen-bond donors (Lipinski definition) is 1. The Balaban J connectivity index is 1.92. The van der Waals surface area contributed by atoms with Crippen LogP contribution in [0, 0.1) is 0 Å². The van der Waals surface area contributed by atoms with E-state index in [0.29, 0.717) is 30.9 Å². The Morgan fingerprint density at radius 2 is 2.19 bits per heavy atom. The summed E-state index contributed by atoms with van der Waals surface area (Å²) < 4.78 is 0. The minimum Gasteiger partial charge on any atom is -0.393 e. The van der Waals surface area contributed by atoms with E-state index < -0.39 is 0 Å². The molecule has 0 aliphatic carbocycles. The Bertz CT molecular complexity index is 482. The van der Waals surface area contributed by atoms with Crippen molar-refractivity contribution < 1.29 is 14.4 Å². The lowest BCUT2D eigenvalue weighted by Gasteiger charge is -2.36. The van der Waals surface area contributed by atoms with Gasteiger partial charge in [0.25, 0.3) is 0 Å². The van der Waals surface area contributed by atoms with Gasteiger partial charge in [-0.3, -0.25) is 14.4 Å². The molecule has 2 fully saturated rings. The summed E-state index contributed by atoms with van der Waals surface area (Å²) in [5.41, 5.74) is 5.40. The molecule has 2 N–H and O–H groups in total. The maximum absolute atomic E-state index is 12.3. The van der Waals surface area contributed by atoms with Crippen molar-refractivity contribution in [3.8, 4) is 0 Å². The van der Waals surface area contributed by atoms with Crippen LogP contribution in [-0.4, -0.2) is 76.7 Å². The molecule has 0 radical (unpaired) electrons. The van der Waals surface area contributed by atoms with Crippen molar-refractivity contribution in [1.29, 1.82) is 0 Å². The first-order valence-electron chi connectivity index (χ1n) is 7.00. The molecule has 1 unspecified atom stereocenters. The largest absolute Gasteiger partial charge is 0.393 e. The van der Waals surface area contributed by atoms with E-state index in [2.05, 4.69) is 0 Å². The van der Waals surface area contributed by atoms with E-state index >= 15 is 0 Å². The topological polar surface area (TPSA) is 86.9 Å². The van der Waals surface area contributed by atoms with E-state index in [1.54, 1.807) is 11.9 Å². The lowest BCUT2D eigenvalue weighted by Crippen LogP contribution is -2.59. The molecule has 21 heavy (non-hydrogen) atoms. The van der Waals surface area contributed by atoms with Crippen molar-refractivity contribution in [2.45, 2.75) is 25.3 Å². The summed E-state index contributed by atoms with van der Waals surface area (Å²) in [5.74, 6) is -0.405. The Morgan fingerprint density at radius 3 is 2.86 bits per heavy atom. The number of nitrogens with zero attached hydrogens (tertiary/aromatic N) is 3. The van der Waals surface area contributed by atoms with Gasteiger partial charge in [-0.25, -0.2) is 0 Å². The number of piperazine rings is 1. The second-order valence-electron chi connectivity index (χ2n) is 5.47. The van der Waals surface area contributed by atoms with Crippen molar-refractivity contribution in [2.24, 2.45) is 5.73 Å². The fourth-order valence-corrected chi connectivity index (χ4v) is 2.78. The van der Waals surface area contributed by atoms with Gasteiger partial charge in [-0.15, -0.1) is 0 Å². The van der Waals surface area contributed by atoms with E-state index in [-0.39, 0.29) is 36.9 Å². The highest BCUT2D eigenvalue weighted by Gasteiger charge is 2.42. The van der Waals surface area contributed by atoms with Gasteiger partial charge in [0, 0.05) is 26.6 Å². The van der Waals surface area contributed by atoms with Gasteiger partial charge in [0.1, 0.15) is 19.1 Å². The zero-order valence-electron chi connectivity index (χ0n) is 12.1. The number of thiocarbonyl (C=S) groups is 1. The summed E-state index contributed by atoms with van der Waals surface area (Å²) in [7, 11) is 1.64. The van der Waals surface area contributed by atoms with Crippen molar-refractivity contribution >= 4 is 34.9 Å². The van der Waals surface area contributed by atoms with Crippen LogP contribution in [-0.2, 0) is 14.4 Å². The van der Waals surface area contributed by atoms with Crippen LogP contribution in [0.5, 0.6) is 0 Å². The van der Waals surface area contributed by atoms with E-state index in [0.717, 1.165) is 6.42 Å². The molecule has 0 bridgehead atoms. The second kappa shape index (κ2) is 6.38. The van der Waals surface area contributed by atoms with Gasteiger partial charge < -0.3 is 20.4 Å². The standard InChI is InChI=1S/C13H20N4O3S/c1-15(6-4-10(14)21)11(18)7-16-8-12(19)17-5-2-3-9(17)13(16)20/h9H,2-8H2,1H3,(H2,14,21). The van der Waals surface area contributed by atoms with Crippen LogP contribution < -0.4 is 5.73 Å². The van der Waals surface area contributed by atoms with E-state index in [9.17, 15) is 14.4 Å². The van der Waals surface area contributed by atoms with Crippen molar-refractivity contribution in [3.63, 3.8) is 0 Å². The third-order valence-corrected chi connectivity index (χ3v) is 4.15. The maximum Gasteiger partial charge on any atom is 0.246 e. The van der Waals surface area contributed by atoms with E-state index in [1.165, 1.54) is 9.80 Å².